The van der Waals surface area contributed by atoms with E-state index in [1.54, 1.807) is 18.2 Å². The van der Waals surface area contributed by atoms with E-state index in [1.807, 2.05) is 6.07 Å². The van der Waals surface area contributed by atoms with Crippen LogP contribution in [0.4, 0.5) is 0 Å². The lowest BCUT2D eigenvalue weighted by molar-refractivity contribution is 0.475. The number of rotatable bonds is 1. The van der Waals surface area contributed by atoms with Gasteiger partial charge in [-0.15, -0.1) is 0 Å². The number of phenols is 1. The highest BCUT2D eigenvalue weighted by molar-refractivity contribution is 7.79. The van der Waals surface area contributed by atoms with Gasteiger partial charge >= 0.3 is 0 Å². The monoisotopic (exact) mass is 140 g/mol. The Balaban J connectivity index is 2.94. The highest BCUT2D eigenvalue weighted by Crippen LogP contribution is 2.11. The Hall–Kier alpha value is -0.630. The third-order valence-corrected chi connectivity index (χ3v) is 1.46. The van der Waals surface area contributed by atoms with Gasteiger partial charge in [-0.25, -0.2) is 0 Å². The molecule has 1 rings (SSSR count). The van der Waals surface area contributed by atoms with Gasteiger partial charge in [-0.1, -0.05) is 12.1 Å². The van der Waals surface area contributed by atoms with Crippen LogP contribution in [-0.2, 0) is 5.75 Å². The quantitative estimate of drug-likeness (QED) is 0.570. The summed E-state index contributed by atoms with van der Waals surface area (Å²) >= 11 is 4.05. The zero-order valence-electron chi connectivity index (χ0n) is 4.91. The average Bonchev–Trinajstić information content (AvgIpc) is 1.88. The van der Waals surface area contributed by atoms with Gasteiger partial charge in [0.2, 0.25) is 0 Å². The molecule has 0 fully saturated rings. The van der Waals surface area contributed by atoms with Crippen molar-refractivity contribution >= 4 is 12.6 Å². The number of thiol groups is 1. The number of aromatic hydroxyl groups is 1. The lowest BCUT2D eigenvalue weighted by atomic mass is 10.2. The van der Waals surface area contributed by atoms with E-state index >= 15 is 0 Å². The molecule has 0 saturated heterocycles. The Morgan fingerprint density at radius 1 is 1.44 bits per heavy atom. The third-order valence-electron chi connectivity index (χ3n) is 1.09. The summed E-state index contributed by atoms with van der Waals surface area (Å²) in [6.07, 6.45) is 0. The molecule has 0 radical (unpaired) electrons. The SMILES string of the molecule is Oc1cccc(CS)c1. The summed E-state index contributed by atoms with van der Waals surface area (Å²) in [5, 5.41) is 8.91. The molecule has 0 aliphatic rings. The molecule has 0 unspecified atom stereocenters. The van der Waals surface area contributed by atoms with Crippen LogP contribution in [0.25, 0.3) is 0 Å². The first-order valence-electron chi connectivity index (χ1n) is 2.71. The molecule has 2 heteroatoms. The average molecular weight is 140 g/mol. The van der Waals surface area contributed by atoms with E-state index in [0.717, 1.165) is 5.56 Å². The second-order valence-electron chi connectivity index (χ2n) is 1.83. The Bertz CT molecular complexity index is 198. The second-order valence-corrected chi connectivity index (χ2v) is 2.14. The van der Waals surface area contributed by atoms with Crippen LogP contribution in [0.3, 0.4) is 0 Å². The van der Waals surface area contributed by atoms with Gasteiger partial charge in [-0.05, 0) is 17.7 Å². The minimum atomic E-state index is 0.307. The molecule has 1 aromatic carbocycles. The summed E-state index contributed by atoms with van der Waals surface area (Å²) in [7, 11) is 0. The van der Waals surface area contributed by atoms with Gasteiger partial charge in [-0.3, -0.25) is 0 Å². The maximum atomic E-state index is 8.91. The van der Waals surface area contributed by atoms with Crippen LogP contribution in [0, 0.1) is 0 Å². The van der Waals surface area contributed by atoms with Crippen molar-refractivity contribution in [3.63, 3.8) is 0 Å². The molecule has 0 atom stereocenters. The second kappa shape index (κ2) is 2.78. The van der Waals surface area contributed by atoms with E-state index < -0.39 is 0 Å². The lowest BCUT2D eigenvalue weighted by Gasteiger charge is -1.94. The van der Waals surface area contributed by atoms with E-state index in [1.165, 1.54) is 0 Å². The topological polar surface area (TPSA) is 20.2 Å². The van der Waals surface area contributed by atoms with Gasteiger partial charge in [0.15, 0.2) is 0 Å². The van der Waals surface area contributed by atoms with Crippen molar-refractivity contribution < 1.29 is 5.11 Å². The largest absolute Gasteiger partial charge is 0.508 e. The summed E-state index contributed by atoms with van der Waals surface area (Å²) < 4.78 is 0. The van der Waals surface area contributed by atoms with E-state index in [0.29, 0.717) is 11.5 Å². The van der Waals surface area contributed by atoms with Crippen molar-refractivity contribution in [3.8, 4) is 5.75 Å². The smallest absolute Gasteiger partial charge is 0.115 e. The predicted molar refractivity (Wildman–Crippen MR) is 40.8 cm³/mol. The molecule has 1 nitrogen and oxygen atoms in total. The molecule has 0 saturated carbocycles. The molecule has 0 heterocycles. The summed E-state index contributed by atoms with van der Waals surface area (Å²) in [4.78, 5) is 0. The number of hydrogen-bond donors (Lipinski definition) is 2. The fraction of sp³-hybridized carbons (Fsp3) is 0.143. The van der Waals surface area contributed by atoms with Gasteiger partial charge < -0.3 is 5.11 Å². The van der Waals surface area contributed by atoms with Gasteiger partial charge in [0, 0.05) is 5.75 Å². The Morgan fingerprint density at radius 3 is 2.67 bits per heavy atom. The van der Waals surface area contributed by atoms with Crippen molar-refractivity contribution in [2.24, 2.45) is 0 Å². The molecule has 0 amide bonds. The number of hydrogen-bond acceptors (Lipinski definition) is 2. The number of phenolic OH excluding ortho intramolecular Hbond substituents is 1. The zero-order chi connectivity index (χ0) is 6.69. The molecule has 1 N–H and O–H groups in total. The van der Waals surface area contributed by atoms with E-state index in [-0.39, 0.29) is 0 Å². The van der Waals surface area contributed by atoms with Crippen LogP contribution in [-0.4, -0.2) is 5.11 Å². The van der Waals surface area contributed by atoms with Gasteiger partial charge in [-0.2, -0.15) is 12.6 Å². The predicted octanol–water partition coefficient (Wildman–Crippen LogP) is 1.82. The van der Waals surface area contributed by atoms with Crippen molar-refractivity contribution in [2.75, 3.05) is 0 Å². The first kappa shape index (κ1) is 6.49. The maximum absolute atomic E-state index is 8.91. The summed E-state index contributed by atoms with van der Waals surface area (Å²) in [6.45, 7) is 0. The van der Waals surface area contributed by atoms with E-state index in [2.05, 4.69) is 12.6 Å². The molecule has 9 heavy (non-hydrogen) atoms. The van der Waals surface area contributed by atoms with Gasteiger partial charge in [0.25, 0.3) is 0 Å². The molecule has 0 aromatic heterocycles. The van der Waals surface area contributed by atoms with Gasteiger partial charge in [0.1, 0.15) is 5.75 Å². The van der Waals surface area contributed by atoms with Crippen LogP contribution in [0.5, 0.6) is 5.75 Å². The van der Waals surface area contributed by atoms with Crippen molar-refractivity contribution in [1.29, 1.82) is 0 Å². The minimum absolute atomic E-state index is 0.307. The Kier molecular flexibility index (Phi) is 2.01. The van der Waals surface area contributed by atoms with Crippen LogP contribution in [0.1, 0.15) is 5.56 Å². The maximum Gasteiger partial charge on any atom is 0.115 e. The first-order chi connectivity index (χ1) is 4.33. The Morgan fingerprint density at radius 2 is 2.22 bits per heavy atom. The summed E-state index contributed by atoms with van der Waals surface area (Å²) in [5.74, 6) is 0.982. The molecule has 1 aromatic rings. The number of benzene rings is 1. The normalized spacial score (nSPS) is 9.44. The molecule has 0 aliphatic heterocycles. The lowest BCUT2D eigenvalue weighted by Crippen LogP contribution is -1.73. The fourth-order valence-corrected chi connectivity index (χ4v) is 0.852. The summed E-state index contributed by atoms with van der Waals surface area (Å²) in [5.41, 5.74) is 1.04. The van der Waals surface area contributed by atoms with Gasteiger partial charge in [0.05, 0.1) is 0 Å². The fourth-order valence-electron chi connectivity index (χ4n) is 0.655. The molecule has 0 aliphatic carbocycles. The zero-order valence-corrected chi connectivity index (χ0v) is 5.81. The van der Waals surface area contributed by atoms with Crippen LogP contribution < -0.4 is 0 Å². The van der Waals surface area contributed by atoms with Crippen molar-refractivity contribution in [2.45, 2.75) is 5.75 Å². The molecule has 0 bridgehead atoms. The van der Waals surface area contributed by atoms with E-state index in [9.17, 15) is 0 Å². The van der Waals surface area contributed by atoms with Crippen molar-refractivity contribution in [3.05, 3.63) is 29.8 Å². The third kappa shape index (κ3) is 1.64. The van der Waals surface area contributed by atoms with E-state index in [4.69, 9.17) is 5.11 Å². The van der Waals surface area contributed by atoms with Crippen molar-refractivity contribution in [1.82, 2.24) is 0 Å². The van der Waals surface area contributed by atoms with Crippen LogP contribution in [0.15, 0.2) is 24.3 Å². The Labute approximate surface area is 59.7 Å². The standard InChI is InChI=1S/C7H8OS/c8-7-3-1-2-6(4-7)5-9/h1-4,8-9H,5H2. The first-order valence-corrected chi connectivity index (χ1v) is 3.35. The highest BCUT2D eigenvalue weighted by atomic mass is 32.1. The molecule has 48 valence electrons. The highest BCUT2D eigenvalue weighted by Gasteiger charge is 1.88. The van der Waals surface area contributed by atoms with Crippen LogP contribution in [0.2, 0.25) is 0 Å². The molecular formula is C7H8OS. The minimum Gasteiger partial charge on any atom is -0.508 e. The molecule has 0 spiro atoms. The molecular weight excluding hydrogens is 132 g/mol. The van der Waals surface area contributed by atoms with Crippen LogP contribution >= 0.6 is 12.6 Å². The summed E-state index contributed by atoms with van der Waals surface area (Å²) in [6, 6.07) is 7.08.